The summed E-state index contributed by atoms with van der Waals surface area (Å²) in [5.41, 5.74) is 1.19. The minimum Gasteiger partial charge on any atom is -0.453 e. The third-order valence-corrected chi connectivity index (χ3v) is 2.34. The minimum atomic E-state index is -0.304. The van der Waals surface area contributed by atoms with E-state index in [0.29, 0.717) is 11.4 Å². The Balaban J connectivity index is 2.15. The number of hydrogen-bond donors (Lipinski definition) is 1. The summed E-state index contributed by atoms with van der Waals surface area (Å²) in [6.45, 7) is 0. The molecule has 0 saturated carbocycles. The highest BCUT2D eigenvalue weighted by molar-refractivity contribution is 5.75. The number of hydrogen-bond acceptors (Lipinski definition) is 2. The maximum atomic E-state index is 13.4. The van der Waals surface area contributed by atoms with Crippen LogP contribution in [-0.2, 0) is 0 Å². The maximum absolute atomic E-state index is 13.4. The van der Waals surface area contributed by atoms with Gasteiger partial charge in [-0.3, -0.25) is 0 Å². The SMILES string of the molecule is Fc1cccc2c1Nc1ccccc1O2. The quantitative estimate of drug-likeness (QED) is 0.599. The molecule has 1 N–H and O–H groups in total. The Kier molecular flexibility index (Phi) is 1.65. The van der Waals surface area contributed by atoms with Crippen molar-refractivity contribution >= 4 is 11.4 Å². The molecule has 15 heavy (non-hydrogen) atoms. The van der Waals surface area contributed by atoms with Crippen LogP contribution in [0.2, 0.25) is 0 Å². The Labute approximate surface area is 86.3 Å². The monoisotopic (exact) mass is 201 g/mol. The molecule has 1 aliphatic heterocycles. The number of rotatable bonds is 0. The van der Waals surface area contributed by atoms with E-state index in [4.69, 9.17) is 4.74 Å². The Bertz CT molecular complexity index is 525. The van der Waals surface area contributed by atoms with Crippen LogP contribution >= 0.6 is 0 Å². The van der Waals surface area contributed by atoms with Crippen molar-refractivity contribution < 1.29 is 9.13 Å². The highest BCUT2D eigenvalue weighted by Gasteiger charge is 2.18. The van der Waals surface area contributed by atoms with E-state index in [1.54, 1.807) is 12.1 Å². The Morgan fingerprint density at radius 2 is 1.73 bits per heavy atom. The first-order chi connectivity index (χ1) is 7.34. The summed E-state index contributed by atoms with van der Waals surface area (Å²) in [5, 5.41) is 3.01. The summed E-state index contributed by atoms with van der Waals surface area (Å²) in [4.78, 5) is 0. The number of ether oxygens (including phenoxy) is 1. The molecular formula is C12H8FNO. The lowest BCUT2D eigenvalue weighted by atomic mass is 10.2. The molecule has 0 saturated heterocycles. The van der Waals surface area contributed by atoms with Crippen LogP contribution in [0.5, 0.6) is 11.5 Å². The number of para-hydroxylation sites is 3. The van der Waals surface area contributed by atoms with Gasteiger partial charge in [-0.05, 0) is 24.3 Å². The zero-order valence-electron chi connectivity index (χ0n) is 7.83. The summed E-state index contributed by atoms with van der Waals surface area (Å²) in [5.74, 6) is 0.936. The van der Waals surface area contributed by atoms with E-state index in [2.05, 4.69) is 5.32 Å². The first kappa shape index (κ1) is 8.29. The van der Waals surface area contributed by atoms with Gasteiger partial charge >= 0.3 is 0 Å². The molecule has 0 spiro atoms. The van der Waals surface area contributed by atoms with E-state index in [1.807, 2.05) is 24.3 Å². The molecule has 0 aliphatic carbocycles. The second-order valence-electron chi connectivity index (χ2n) is 3.34. The fraction of sp³-hybridized carbons (Fsp3) is 0. The molecule has 74 valence electrons. The van der Waals surface area contributed by atoms with Gasteiger partial charge in [0.15, 0.2) is 11.5 Å². The van der Waals surface area contributed by atoms with Gasteiger partial charge in [0.05, 0.1) is 5.69 Å². The normalized spacial score (nSPS) is 12.1. The lowest BCUT2D eigenvalue weighted by molar-refractivity contribution is 0.475. The second kappa shape index (κ2) is 2.98. The van der Waals surface area contributed by atoms with Crippen molar-refractivity contribution in [2.45, 2.75) is 0 Å². The van der Waals surface area contributed by atoms with E-state index >= 15 is 0 Å². The van der Waals surface area contributed by atoms with Gasteiger partial charge in [-0.1, -0.05) is 18.2 Å². The van der Waals surface area contributed by atoms with Crippen molar-refractivity contribution in [3.63, 3.8) is 0 Å². The molecule has 0 radical (unpaired) electrons. The first-order valence-corrected chi connectivity index (χ1v) is 4.67. The standard InChI is InChI=1S/C12H8FNO/c13-8-4-3-7-11-12(8)14-9-5-1-2-6-10(9)15-11/h1-7,14H. The zero-order chi connectivity index (χ0) is 10.3. The van der Waals surface area contributed by atoms with E-state index in [9.17, 15) is 4.39 Å². The third kappa shape index (κ3) is 1.24. The van der Waals surface area contributed by atoms with E-state index in [0.717, 1.165) is 11.4 Å². The number of nitrogens with one attached hydrogen (secondary N) is 1. The fourth-order valence-electron chi connectivity index (χ4n) is 1.62. The molecule has 1 aliphatic rings. The number of halogens is 1. The van der Waals surface area contributed by atoms with Gasteiger partial charge in [-0.2, -0.15) is 0 Å². The minimum absolute atomic E-state index is 0.304. The van der Waals surface area contributed by atoms with Gasteiger partial charge in [0.2, 0.25) is 0 Å². The molecule has 2 aromatic rings. The zero-order valence-corrected chi connectivity index (χ0v) is 7.83. The molecule has 0 bridgehead atoms. The van der Waals surface area contributed by atoms with Gasteiger partial charge in [-0.15, -0.1) is 0 Å². The van der Waals surface area contributed by atoms with Crippen LogP contribution in [0.4, 0.5) is 15.8 Å². The second-order valence-corrected chi connectivity index (χ2v) is 3.34. The molecule has 0 fully saturated rings. The molecule has 2 aromatic carbocycles. The van der Waals surface area contributed by atoms with E-state index < -0.39 is 0 Å². The maximum Gasteiger partial charge on any atom is 0.154 e. The summed E-state index contributed by atoms with van der Waals surface area (Å²) >= 11 is 0. The van der Waals surface area contributed by atoms with Gasteiger partial charge in [0.25, 0.3) is 0 Å². The van der Waals surface area contributed by atoms with Crippen LogP contribution in [-0.4, -0.2) is 0 Å². The van der Waals surface area contributed by atoms with Crippen molar-refractivity contribution in [2.24, 2.45) is 0 Å². The van der Waals surface area contributed by atoms with Crippen LogP contribution in [0.25, 0.3) is 0 Å². The van der Waals surface area contributed by atoms with Crippen molar-refractivity contribution in [1.82, 2.24) is 0 Å². The lowest BCUT2D eigenvalue weighted by Gasteiger charge is -2.21. The van der Waals surface area contributed by atoms with Gasteiger partial charge < -0.3 is 10.1 Å². The largest absolute Gasteiger partial charge is 0.453 e. The molecule has 1 heterocycles. The molecule has 2 nitrogen and oxygen atoms in total. The van der Waals surface area contributed by atoms with Gasteiger partial charge in [0, 0.05) is 0 Å². The van der Waals surface area contributed by atoms with Crippen molar-refractivity contribution in [3.05, 3.63) is 48.3 Å². The van der Waals surface area contributed by atoms with Crippen LogP contribution in [0.15, 0.2) is 42.5 Å². The molecule has 0 aromatic heterocycles. The fourth-order valence-corrected chi connectivity index (χ4v) is 1.62. The van der Waals surface area contributed by atoms with E-state index in [1.165, 1.54) is 6.07 Å². The summed E-state index contributed by atoms with van der Waals surface area (Å²) < 4.78 is 19.0. The topological polar surface area (TPSA) is 21.3 Å². The van der Waals surface area contributed by atoms with E-state index in [-0.39, 0.29) is 5.82 Å². The smallest absolute Gasteiger partial charge is 0.154 e. The third-order valence-electron chi connectivity index (χ3n) is 2.34. The predicted octanol–water partition coefficient (Wildman–Crippen LogP) is 3.68. The average molecular weight is 201 g/mol. The Morgan fingerprint density at radius 1 is 0.933 bits per heavy atom. The summed E-state index contributed by atoms with van der Waals surface area (Å²) in [6.07, 6.45) is 0. The molecule has 0 atom stereocenters. The van der Waals surface area contributed by atoms with Crippen molar-refractivity contribution in [2.75, 3.05) is 5.32 Å². The summed E-state index contributed by atoms with van der Waals surface area (Å²) in [7, 11) is 0. The number of fused-ring (bicyclic) bond motifs is 2. The predicted molar refractivity (Wildman–Crippen MR) is 56.2 cm³/mol. The number of benzene rings is 2. The van der Waals surface area contributed by atoms with Crippen molar-refractivity contribution in [3.8, 4) is 11.5 Å². The summed E-state index contributed by atoms with van der Waals surface area (Å²) in [6, 6.07) is 12.2. The van der Waals surface area contributed by atoms with Crippen LogP contribution in [0, 0.1) is 5.82 Å². The van der Waals surface area contributed by atoms with Gasteiger partial charge in [0.1, 0.15) is 11.5 Å². The molecule has 3 rings (SSSR count). The van der Waals surface area contributed by atoms with Crippen LogP contribution in [0.1, 0.15) is 0 Å². The highest BCUT2D eigenvalue weighted by atomic mass is 19.1. The molecule has 0 unspecified atom stereocenters. The van der Waals surface area contributed by atoms with Crippen molar-refractivity contribution in [1.29, 1.82) is 0 Å². The Hall–Kier alpha value is -2.03. The van der Waals surface area contributed by atoms with Gasteiger partial charge in [-0.25, -0.2) is 4.39 Å². The molecule has 3 heteroatoms. The first-order valence-electron chi connectivity index (χ1n) is 4.67. The molecule has 0 amide bonds. The average Bonchev–Trinajstić information content (AvgIpc) is 2.27. The molecular weight excluding hydrogens is 193 g/mol. The lowest BCUT2D eigenvalue weighted by Crippen LogP contribution is -2.04. The van der Waals surface area contributed by atoms with Crippen LogP contribution < -0.4 is 10.1 Å². The number of anilines is 2. The van der Waals surface area contributed by atoms with Crippen LogP contribution in [0.3, 0.4) is 0 Å². The Morgan fingerprint density at radius 3 is 2.67 bits per heavy atom. The highest BCUT2D eigenvalue weighted by Crippen LogP contribution is 2.42.